The van der Waals surface area contributed by atoms with E-state index >= 15 is 0 Å². The molecule has 0 amide bonds. The lowest BCUT2D eigenvalue weighted by Crippen LogP contribution is -1.97. The number of carbonyl (C=O) groups is 1. The summed E-state index contributed by atoms with van der Waals surface area (Å²) < 4.78 is 5.33. The number of ether oxygens (including phenoxy) is 1. The highest BCUT2D eigenvalue weighted by molar-refractivity contribution is 6.07. The quantitative estimate of drug-likeness (QED) is 0.352. The Bertz CT molecular complexity index is 782. The van der Waals surface area contributed by atoms with Crippen molar-refractivity contribution in [2.75, 3.05) is 7.11 Å². The predicted molar refractivity (Wildman–Crippen MR) is 109 cm³/mol. The topological polar surface area (TPSA) is 26.3 Å². The molecular formula is C23H26O2. The smallest absolute Gasteiger partial charge is 0.185 e. The molecular weight excluding hydrogens is 308 g/mol. The zero-order chi connectivity index (χ0) is 18.8. The Hall–Kier alpha value is -2.87. The van der Waals surface area contributed by atoms with Crippen molar-refractivity contribution < 1.29 is 9.53 Å². The first-order chi connectivity index (χ1) is 12.1. The summed E-state index contributed by atoms with van der Waals surface area (Å²) in [6, 6.07) is 13.4. The minimum atomic E-state index is -0.0814. The predicted octanol–water partition coefficient (Wildman–Crippen LogP) is 6.29. The van der Waals surface area contributed by atoms with Crippen molar-refractivity contribution in [3.05, 3.63) is 84.0 Å². The molecule has 0 atom stereocenters. The number of rotatable bonds is 6. The molecule has 0 spiro atoms. The van der Waals surface area contributed by atoms with Crippen molar-refractivity contribution in [3.8, 4) is 5.75 Å². The standard InChI is InChI=1S/C21H20O2.C2H6/c1-5-16-12-18(14-19(13-16)23-4)15(3)11-17-9-7-8-10-20(17)21(22)6-2;1-2/h5-14H,1-2H2,3-4H3;1-2H3/b15-11+;. The highest BCUT2D eigenvalue weighted by atomic mass is 16.5. The van der Waals surface area contributed by atoms with E-state index in [0.29, 0.717) is 5.56 Å². The average Bonchev–Trinajstić information content (AvgIpc) is 2.68. The molecule has 2 heteroatoms. The van der Waals surface area contributed by atoms with Gasteiger partial charge in [0, 0.05) is 5.56 Å². The molecule has 2 rings (SSSR count). The van der Waals surface area contributed by atoms with Crippen LogP contribution in [-0.4, -0.2) is 12.9 Å². The van der Waals surface area contributed by atoms with Gasteiger partial charge in [-0.05, 0) is 53.5 Å². The van der Waals surface area contributed by atoms with E-state index in [1.165, 1.54) is 6.08 Å². The summed E-state index contributed by atoms with van der Waals surface area (Å²) in [5.74, 6) is 0.697. The molecule has 0 aromatic heterocycles. The largest absolute Gasteiger partial charge is 0.497 e. The van der Waals surface area contributed by atoms with E-state index in [1.807, 2.05) is 69.3 Å². The van der Waals surface area contributed by atoms with Crippen LogP contribution in [0.15, 0.2) is 61.7 Å². The molecule has 0 heterocycles. The lowest BCUT2D eigenvalue weighted by molar-refractivity contribution is 0.104. The molecule has 0 radical (unpaired) electrons. The number of allylic oxidation sites excluding steroid dienone is 2. The molecule has 0 unspecified atom stereocenters. The first-order valence-corrected chi connectivity index (χ1v) is 8.35. The van der Waals surface area contributed by atoms with Crippen LogP contribution in [0.25, 0.3) is 17.7 Å². The second-order valence-corrected chi connectivity index (χ2v) is 5.18. The number of benzene rings is 2. The van der Waals surface area contributed by atoms with Gasteiger partial charge >= 0.3 is 0 Å². The van der Waals surface area contributed by atoms with Crippen LogP contribution in [0.3, 0.4) is 0 Å². The zero-order valence-corrected chi connectivity index (χ0v) is 15.5. The molecule has 0 aliphatic rings. The van der Waals surface area contributed by atoms with Crippen molar-refractivity contribution in [3.63, 3.8) is 0 Å². The molecule has 2 nitrogen and oxygen atoms in total. The maximum absolute atomic E-state index is 12.0. The average molecular weight is 334 g/mol. The number of ketones is 1. The van der Waals surface area contributed by atoms with Crippen LogP contribution in [-0.2, 0) is 0 Å². The van der Waals surface area contributed by atoms with Crippen LogP contribution in [0.2, 0.25) is 0 Å². The van der Waals surface area contributed by atoms with E-state index in [-0.39, 0.29) is 5.78 Å². The summed E-state index contributed by atoms with van der Waals surface area (Å²) in [5, 5.41) is 0. The number of methoxy groups -OCH3 is 1. The Morgan fingerprint density at radius 1 is 1.08 bits per heavy atom. The SMILES string of the molecule is C=CC(=O)c1ccccc1/C=C(\C)c1cc(C=C)cc(OC)c1.CC. The van der Waals surface area contributed by atoms with E-state index in [1.54, 1.807) is 13.2 Å². The van der Waals surface area contributed by atoms with E-state index in [0.717, 1.165) is 28.0 Å². The van der Waals surface area contributed by atoms with Gasteiger partial charge in [-0.15, -0.1) is 0 Å². The van der Waals surface area contributed by atoms with Crippen LogP contribution < -0.4 is 4.74 Å². The van der Waals surface area contributed by atoms with E-state index in [9.17, 15) is 4.79 Å². The van der Waals surface area contributed by atoms with E-state index < -0.39 is 0 Å². The highest BCUT2D eigenvalue weighted by Gasteiger charge is 2.07. The van der Waals surface area contributed by atoms with Crippen LogP contribution in [0.1, 0.15) is 47.8 Å². The van der Waals surface area contributed by atoms with Crippen molar-refractivity contribution >= 4 is 23.5 Å². The lowest BCUT2D eigenvalue weighted by Gasteiger charge is -2.09. The summed E-state index contributed by atoms with van der Waals surface area (Å²) in [7, 11) is 1.64. The number of hydrogen-bond acceptors (Lipinski definition) is 2. The van der Waals surface area contributed by atoms with Crippen LogP contribution in [0.4, 0.5) is 0 Å². The molecule has 0 aliphatic carbocycles. The zero-order valence-electron chi connectivity index (χ0n) is 15.5. The normalized spacial score (nSPS) is 10.3. The van der Waals surface area contributed by atoms with Gasteiger partial charge in [-0.3, -0.25) is 4.79 Å². The molecule has 25 heavy (non-hydrogen) atoms. The molecule has 0 saturated carbocycles. The van der Waals surface area contributed by atoms with Crippen LogP contribution >= 0.6 is 0 Å². The van der Waals surface area contributed by atoms with Gasteiger partial charge in [0.15, 0.2) is 5.78 Å². The minimum absolute atomic E-state index is 0.0814. The molecule has 2 aromatic rings. The first-order valence-electron chi connectivity index (χ1n) is 8.35. The fraction of sp³-hybridized carbons (Fsp3) is 0.174. The first kappa shape index (κ1) is 20.2. The molecule has 0 saturated heterocycles. The van der Waals surface area contributed by atoms with Gasteiger partial charge in [-0.2, -0.15) is 0 Å². The van der Waals surface area contributed by atoms with Gasteiger partial charge in [0.2, 0.25) is 0 Å². The van der Waals surface area contributed by atoms with E-state index in [2.05, 4.69) is 13.2 Å². The molecule has 0 aliphatic heterocycles. The summed E-state index contributed by atoms with van der Waals surface area (Å²) >= 11 is 0. The van der Waals surface area contributed by atoms with Gasteiger partial charge in [0.05, 0.1) is 7.11 Å². The molecule has 0 N–H and O–H groups in total. The van der Waals surface area contributed by atoms with Crippen molar-refractivity contribution in [2.45, 2.75) is 20.8 Å². The van der Waals surface area contributed by atoms with Gasteiger partial charge < -0.3 is 4.74 Å². The molecule has 0 fully saturated rings. The fourth-order valence-corrected chi connectivity index (χ4v) is 2.36. The third-order valence-electron chi connectivity index (χ3n) is 3.64. The van der Waals surface area contributed by atoms with Crippen LogP contribution in [0.5, 0.6) is 5.75 Å². The van der Waals surface area contributed by atoms with Crippen molar-refractivity contribution in [1.82, 2.24) is 0 Å². The van der Waals surface area contributed by atoms with Gasteiger partial charge in [-0.25, -0.2) is 0 Å². The van der Waals surface area contributed by atoms with Crippen LogP contribution in [0, 0.1) is 0 Å². The maximum Gasteiger partial charge on any atom is 0.185 e. The Kier molecular flexibility index (Phi) is 8.14. The highest BCUT2D eigenvalue weighted by Crippen LogP contribution is 2.26. The maximum atomic E-state index is 12.0. The molecule has 2 aromatic carbocycles. The number of hydrogen-bond donors (Lipinski definition) is 0. The van der Waals surface area contributed by atoms with Gasteiger partial charge in [0.25, 0.3) is 0 Å². The lowest BCUT2D eigenvalue weighted by atomic mass is 9.97. The third-order valence-corrected chi connectivity index (χ3v) is 3.64. The monoisotopic (exact) mass is 334 g/mol. The van der Waals surface area contributed by atoms with Crippen molar-refractivity contribution in [2.24, 2.45) is 0 Å². The summed E-state index contributed by atoms with van der Waals surface area (Å²) in [6.45, 7) is 13.4. The van der Waals surface area contributed by atoms with Gasteiger partial charge in [-0.1, -0.05) is 63.4 Å². The van der Waals surface area contributed by atoms with Crippen molar-refractivity contribution in [1.29, 1.82) is 0 Å². The second-order valence-electron chi connectivity index (χ2n) is 5.18. The second kappa shape index (κ2) is 10.1. The molecule has 0 bridgehead atoms. The fourth-order valence-electron chi connectivity index (χ4n) is 2.36. The summed E-state index contributed by atoms with van der Waals surface area (Å²) in [6.07, 6.45) is 5.12. The summed E-state index contributed by atoms with van der Waals surface area (Å²) in [4.78, 5) is 12.0. The minimum Gasteiger partial charge on any atom is -0.497 e. The summed E-state index contributed by atoms with van der Waals surface area (Å²) in [5.41, 5.74) is 4.57. The Labute approximate surface area is 151 Å². The Morgan fingerprint density at radius 2 is 1.76 bits per heavy atom. The molecule has 130 valence electrons. The Balaban J connectivity index is 0.00000151. The Morgan fingerprint density at radius 3 is 2.36 bits per heavy atom. The number of carbonyl (C=O) groups excluding carboxylic acids is 1. The van der Waals surface area contributed by atoms with Gasteiger partial charge in [0.1, 0.15) is 5.75 Å². The third kappa shape index (κ3) is 5.32. The van der Waals surface area contributed by atoms with E-state index in [4.69, 9.17) is 4.74 Å².